The maximum Gasteiger partial charge on any atom is 0.0704 e. The highest BCUT2D eigenvalue weighted by atomic mass is 16.5. The van der Waals surface area contributed by atoms with Crippen LogP contribution in [0.15, 0.2) is 12.2 Å². The minimum Gasteiger partial charge on any atom is -0.382 e. The molecule has 28 heavy (non-hydrogen) atoms. The van der Waals surface area contributed by atoms with E-state index >= 15 is 0 Å². The minimum absolute atomic E-state index is 0.375. The van der Waals surface area contributed by atoms with Crippen molar-refractivity contribution in [3.63, 3.8) is 0 Å². The Morgan fingerprint density at radius 2 is 0.893 bits per heavy atom. The van der Waals surface area contributed by atoms with Crippen LogP contribution >= 0.6 is 0 Å². The van der Waals surface area contributed by atoms with Crippen LogP contribution in [0.5, 0.6) is 0 Å². The summed E-state index contributed by atoms with van der Waals surface area (Å²) < 4.78 is 22.5. The first-order valence-corrected chi connectivity index (χ1v) is 11.4. The van der Waals surface area contributed by atoms with Crippen LogP contribution in [0.3, 0.4) is 0 Å². The van der Waals surface area contributed by atoms with Gasteiger partial charge in [-0.05, 0) is 61.2 Å². The Morgan fingerprint density at radius 1 is 0.571 bits per heavy atom. The van der Waals surface area contributed by atoms with Gasteiger partial charge in [-0.1, -0.05) is 39.8 Å². The molecule has 2 aliphatic rings. The summed E-state index contributed by atoms with van der Waals surface area (Å²) in [5.74, 6) is 3.81. The van der Waals surface area contributed by atoms with Crippen molar-refractivity contribution in [3.05, 3.63) is 12.2 Å². The number of methoxy groups -OCH3 is 2. The van der Waals surface area contributed by atoms with E-state index in [9.17, 15) is 0 Å². The topological polar surface area (TPSA) is 36.9 Å². The van der Waals surface area contributed by atoms with E-state index in [1.807, 2.05) is 0 Å². The predicted octanol–water partition coefficient (Wildman–Crippen LogP) is 4.97. The first-order chi connectivity index (χ1) is 13.5. The van der Waals surface area contributed by atoms with Crippen molar-refractivity contribution in [2.24, 2.45) is 35.5 Å². The third-order valence-corrected chi connectivity index (χ3v) is 6.79. The van der Waals surface area contributed by atoms with E-state index in [2.05, 4.69) is 39.8 Å². The van der Waals surface area contributed by atoms with Gasteiger partial charge >= 0.3 is 0 Å². The van der Waals surface area contributed by atoms with Gasteiger partial charge in [-0.25, -0.2) is 0 Å². The molecule has 0 heterocycles. The van der Waals surface area contributed by atoms with Crippen LogP contribution in [0.2, 0.25) is 0 Å². The highest BCUT2D eigenvalue weighted by Gasteiger charge is 2.34. The van der Waals surface area contributed by atoms with Gasteiger partial charge in [-0.3, -0.25) is 0 Å². The molecule has 2 saturated carbocycles. The Balaban J connectivity index is 1.81. The molecule has 164 valence electrons. The molecule has 0 N–H and O–H groups in total. The molecule has 4 unspecified atom stereocenters. The van der Waals surface area contributed by atoms with Crippen molar-refractivity contribution in [2.75, 3.05) is 40.6 Å². The molecular weight excluding hydrogens is 352 g/mol. The van der Waals surface area contributed by atoms with Gasteiger partial charge in [0.05, 0.1) is 38.6 Å². The lowest BCUT2D eigenvalue weighted by Gasteiger charge is -2.39. The quantitative estimate of drug-likeness (QED) is 0.386. The summed E-state index contributed by atoms with van der Waals surface area (Å²) in [6, 6.07) is 0. The van der Waals surface area contributed by atoms with Crippen molar-refractivity contribution >= 4 is 0 Å². The smallest absolute Gasteiger partial charge is 0.0704 e. The van der Waals surface area contributed by atoms with Crippen molar-refractivity contribution in [3.8, 4) is 0 Å². The summed E-state index contributed by atoms with van der Waals surface area (Å²) >= 11 is 0. The Labute approximate surface area is 173 Å². The second kappa shape index (κ2) is 12.3. The van der Waals surface area contributed by atoms with Gasteiger partial charge in [0, 0.05) is 14.2 Å². The largest absolute Gasteiger partial charge is 0.382 e. The maximum absolute atomic E-state index is 6.10. The zero-order chi connectivity index (χ0) is 20.5. The van der Waals surface area contributed by atoms with E-state index in [4.69, 9.17) is 18.9 Å². The summed E-state index contributed by atoms with van der Waals surface area (Å²) in [7, 11) is 3.47. The minimum atomic E-state index is 0.375. The summed E-state index contributed by atoms with van der Waals surface area (Å²) in [5.41, 5.74) is 0. The highest BCUT2D eigenvalue weighted by molar-refractivity contribution is 5.00. The molecule has 0 aromatic carbocycles. The highest BCUT2D eigenvalue weighted by Crippen LogP contribution is 2.39. The molecule has 0 spiro atoms. The summed E-state index contributed by atoms with van der Waals surface area (Å²) in [6.07, 6.45) is 10.7. The normalized spacial score (nSPS) is 39.5. The molecule has 2 fully saturated rings. The predicted molar refractivity (Wildman–Crippen MR) is 114 cm³/mol. The van der Waals surface area contributed by atoms with Crippen LogP contribution in [0.4, 0.5) is 0 Å². The summed E-state index contributed by atoms with van der Waals surface area (Å²) in [4.78, 5) is 0. The Kier molecular flexibility index (Phi) is 10.5. The van der Waals surface area contributed by atoms with Gasteiger partial charge in [0.15, 0.2) is 0 Å². The van der Waals surface area contributed by atoms with Crippen molar-refractivity contribution in [1.29, 1.82) is 0 Å². The fourth-order valence-corrected chi connectivity index (χ4v) is 5.58. The van der Waals surface area contributed by atoms with Crippen molar-refractivity contribution in [1.82, 2.24) is 0 Å². The molecule has 4 atom stereocenters. The number of allylic oxidation sites excluding steroid dienone is 2. The number of hydrogen-bond acceptors (Lipinski definition) is 4. The van der Waals surface area contributed by atoms with E-state index in [-0.39, 0.29) is 0 Å². The molecule has 0 amide bonds. The van der Waals surface area contributed by atoms with E-state index in [0.717, 1.165) is 0 Å². The van der Waals surface area contributed by atoms with Gasteiger partial charge in [-0.2, -0.15) is 0 Å². The van der Waals surface area contributed by atoms with E-state index < -0.39 is 0 Å². The molecular formula is C24H44O4. The van der Waals surface area contributed by atoms with Crippen LogP contribution in [0.1, 0.15) is 53.4 Å². The van der Waals surface area contributed by atoms with Gasteiger partial charge in [0.25, 0.3) is 0 Å². The fraction of sp³-hybridized carbons (Fsp3) is 0.917. The molecule has 2 aliphatic carbocycles. The van der Waals surface area contributed by atoms with Gasteiger partial charge in [-0.15, -0.1) is 0 Å². The van der Waals surface area contributed by atoms with E-state index in [0.29, 0.717) is 74.1 Å². The first kappa shape index (κ1) is 23.9. The van der Waals surface area contributed by atoms with Gasteiger partial charge in [0.1, 0.15) is 0 Å². The van der Waals surface area contributed by atoms with Crippen LogP contribution in [-0.2, 0) is 18.9 Å². The zero-order valence-electron chi connectivity index (χ0n) is 19.1. The van der Waals surface area contributed by atoms with E-state index in [1.165, 1.54) is 25.7 Å². The monoisotopic (exact) mass is 396 g/mol. The molecule has 0 bridgehead atoms. The molecule has 0 saturated heterocycles. The van der Waals surface area contributed by atoms with Crippen LogP contribution in [0.25, 0.3) is 0 Å². The Bertz CT molecular complexity index is 388. The lowest BCUT2D eigenvalue weighted by Crippen LogP contribution is -2.37. The Morgan fingerprint density at radius 3 is 1.18 bits per heavy atom. The average molecular weight is 397 g/mol. The lowest BCUT2D eigenvalue weighted by molar-refractivity contribution is -0.0617. The van der Waals surface area contributed by atoms with Crippen LogP contribution < -0.4 is 0 Å². The van der Waals surface area contributed by atoms with Gasteiger partial charge in [0.2, 0.25) is 0 Å². The molecule has 0 radical (unpaired) electrons. The second-order valence-corrected chi connectivity index (χ2v) is 9.41. The first-order valence-electron chi connectivity index (χ1n) is 11.4. The van der Waals surface area contributed by atoms with Crippen LogP contribution in [-0.4, -0.2) is 52.9 Å². The third-order valence-electron chi connectivity index (χ3n) is 6.79. The van der Waals surface area contributed by atoms with Crippen molar-refractivity contribution < 1.29 is 18.9 Å². The van der Waals surface area contributed by atoms with E-state index in [1.54, 1.807) is 14.2 Å². The van der Waals surface area contributed by atoms with Gasteiger partial charge < -0.3 is 18.9 Å². The third kappa shape index (κ3) is 7.12. The number of ether oxygens (including phenoxy) is 4. The molecule has 2 rings (SSSR count). The maximum atomic E-state index is 6.10. The second-order valence-electron chi connectivity index (χ2n) is 9.41. The number of rotatable bonds is 10. The molecule has 0 aromatic heterocycles. The zero-order valence-corrected chi connectivity index (χ0v) is 19.1. The lowest BCUT2D eigenvalue weighted by atomic mass is 9.72. The molecule has 4 heteroatoms. The van der Waals surface area contributed by atoms with Crippen molar-refractivity contribution in [2.45, 2.75) is 65.6 Å². The molecule has 0 aromatic rings. The SMILES string of the molecule is COCCOC1C(C)CC(/C=C/C2CC(C)C(OCCOC)C(C)C2)CC1C. The fourth-order valence-electron chi connectivity index (χ4n) is 5.58. The number of hydrogen-bond donors (Lipinski definition) is 0. The van der Waals surface area contributed by atoms with Crippen LogP contribution in [0, 0.1) is 35.5 Å². The molecule has 0 aliphatic heterocycles. The Hall–Kier alpha value is -0.420. The molecule has 4 nitrogen and oxygen atoms in total. The standard InChI is InChI=1S/C24H44O4/c1-17-13-21(14-18(2)23(17)27-11-9-25-5)7-8-22-15-19(3)24(20(4)16-22)28-12-10-26-6/h7-8,17-24H,9-16H2,1-6H3/b8-7+. The summed E-state index contributed by atoms with van der Waals surface area (Å²) in [6.45, 7) is 12.2. The summed E-state index contributed by atoms with van der Waals surface area (Å²) in [5, 5.41) is 0. The average Bonchev–Trinajstić information content (AvgIpc) is 2.64.